The predicted octanol–water partition coefficient (Wildman–Crippen LogP) is 8.52. The Bertz CT molecular complexity index is 4040. The third-order valence-electron chi connectivity index (χ3n) is 18.0. The lowest BCUT2D eigenvalue weighted by molar-refractivity contribution is -0.145. The highest BCUT2D eigenvalue weighted by Gasteiger charge is 2.63. The summed E-state index contributed by atoms with van der Waals surface area (Å²) < 4.78 is 75.0. The van der Waals surface area contributed by atoms with Gasteiger partial charge in [0.05, 0.1) is 44.0 Å². The molecule has 10 atom stereocenters. The highest BCUT2D eigenvalue weighted by molar-refractivity contribution is 9.10. The van der Waals surface area contributed by atoms with Crippen LogP contribution in [0.3, 0.4) is 0 Å². The summed E-state index contributed by atoms with van der Waals surface area (Å²) in [6.45, 7) is 10.5. The molecule has 4 aliphatic carbocycles. The van der Waals surface area contributed by atoms with Gasteiger partial charge < -0.3 is 55.1 Å². The summed E-state index contributed by atoms with van der Waals surface area (Å²) in [4.78, 5) is 120. The number of hydrogen-bond donors (Lipinski definition) is 7. The number of nitrogens with one attached hydrogen (secondary N) is 5. The number of allylic oxidation sites excluding steroid dienone is 2. The van der Waals surface area contributed by atoms with Crippen molar-refractivity contribution in [3.05, 3.63) is 69.6 Å². The molecule has 2 aromatic carbocycles. The van der Waals surface area contributed by atoms with E-state index in [0.717, 1.165) is 74.3 Å². The second-order valence-corrected chi connectivity index (χ2v) is 36.1. The van der Waals surface area contributed by atoms with Crippen molar-refractivity contribution in [2.75, 3.05) is 13.1 Å². The number of thiazole rings is 2. The van der Waals surface area contributed by atoms with Crippen molar-refractivity contribution in [1.82, 2.24) is 45.8 Å². The molecule has 0 bridgehead atoms. The summed E-state index contributed by atoms with van der Waals surface area (Å²) in [5.41, 5.74) is -2.92. The minimum Gasteiger partial charge on any atom is -0.479 e. The second kappa shape index (κ2) is 30.6. The Morgan fingerprint density at radius 3 is 1.45 bits per heavy atom. The van der Waals surface area contributed by atoms with Crippen molar-refractivity contribution >= 4 is 143 Å². The van der Waals surface area contributed by atoms with Crippen molar-refractivity contribution in [3.63, 3.8) is 0 Å². The van der Waals surface area contributed by atoms with Crippen LogP contribution in [0.15, 0.2) is 69.6 Å². The molecule has 33 heteroatoms. The number of carboxylic acid groups (broad SMARTS) is 1. The van der Waals surface area contributed by atoms with E-state index in [4.69, 9.17) is 24.1 Å². The molecule has 6 heterocycles. The van der Waals surface area contributed by atoms with E-state index < -0.39 is 138 Å². The summed E-state index contributed by atoms with van der Waals surface area (Å²) in [5, 5.41) is 25.8. The molecule has 12 rings (SSSR count). The van der Waals surface area contributed by atoms with Crippen molar-refractivity contribution in [3.8, 4) is 10.4 Å². The molecule has 27 nitrogen and oxygen atoms in total. The third kappa shape index (κ3) is 19.8. The average molecular weight is 1580 g/mol. The number of nitrogens with zero attached hydrogens (tertiary/aromatic N) is 4. The number of rotatable bonds is 11. The van der Waals surface area contributed by atoms with E-state index in [-0.39, 0.29) is 49.9 Å². The van der Waals surface area contributed by atoms with Gasteiger partial charge in [-0.3, -0.25) is 28.7 Å². The van der Waals surface area contributed by atoms with Gasteiger partial charge in [0.25, 0.3) is 16.3 Å². The fraction of sp³-hybridized carbons (Fsp3) is 0.606. The fourth-order valence-electron chi connectivity index (χ4n) is 12.4. The molecule has 8 N–H and O–H groups in total. The number of hydrogen-bond acceptors (Lipinski definition) is 20. The minimum atomic E-state index is -3.87. The zero-order chi connectivity index (χ0) is 71.6. The van der Waals surface area contributed by atoms with E-state index in [0.29, 0.717) is 55.3 Å². The number of benzene rings is 2. The molecule has 4 saturated carbocycles. The number of nitrogens with two attached hydrogens (primary N) is 1. The maximum absolute atomic E-state index is 14.3. The topological polar surface area (TPSA) is 380 Å². The van der Waals surface area contributed by atoms with Crippen molar-refractivity contribution in [2.24, 2.45) is 17.0 Å². The lowest BCUT2D eigenvalue weighted by Gasteiger charge is -2.30. The number of amides is 7. The number of ether oxygens (including phenoxy) is 4. The number of sulfonamides is 2. The van der Waals surface area contributed by atoms with Gasteiger partial charge in [0.15, 0.2) is 0 Å². The molecule has 540 valence electrons. The van der Waals surface area contributed by atoms with E-state index in [1.165, 1.54) is 32.5 Å². The smallest absolute Gasteiger partial charge is 0.408 e. The zero-order valence-corrected chi connectivity index (χ0v) is 62.4. The largest absolute Gasteiger partial charge is 0.479 e. The molecule has 0 radical (unpaired) electrons. The van der Waals surface area contributed by atoms with Gasteiger partial charge in [-0.1, -0.05) is 105 Å². The van der Waals surface area contributed by atoms with Crippen LogP contribution >= 0.6 is 54.5 Å². The lowest BCUT2D eigenvalue weighted by Crippen LogP contribution is -2.58. The Balaban J connectivity index is 0.000000196. The molecule has 8 aliphatic rings. The van der Waals surface area contributed by atoms with Crippen LogP contribution in [-0.4, -0.2) is 172 Å². The number of carbonyl (C=O) groups excluding carboxylic acids is 7. The van der Waals surface area contributed by atoms with Crippen LogP contribution in [0, 0.1) is 11.8 Å². The van der Waals surface area contributed by atoms with Gasteiger partial charge in [-0.25, -0.2) is 46.3 Å². The Morgan fingerprint density at radius 1 is 0.626 bits per heavy atom. The highest BCUT2D eigenvalue weighted by atomic mass is 79.9. The van der Waals surface area contributed by atoms with Crippen molar-refractivity contribution in [2.45, 2.75) is 226 Å². The standard InChI is InChI=1S/C33H42BrN5O8S2.C30H37BrN4O7S.C3H7NO2S/c1-32(2,3)47-30(43)35-24-10-8-6-4-5-7-9-19-17-33(19,29(42)38-49(44,45)22-12-13-22)37-27(40)25-16-21(18-39(25)28(24)41)46-31-36-23-14-11-20(34)15-26(23)48-31;1-29(2,3)42-27(40)32-21-10-8-6-4-5-7-9-17-15-30(17,26(38)39)34-24(36)22-14-19(16-35(22)25(21)37)41-28-33-20-12-11-18(31)13-23(20)43-28;4-7(5,6)3-1-2-3/h7,9,11,14-15,19,21-22,24-25H,4-6,8,10,12-13,16-18H2,1-3H3,(H,35,43)(H,37,40)(H,38,42);7,9,11-13,17,19,21-22H,4-6,8,10,14-16H2,1-3H3,(H,32,40)(H,34,36)(H,38,39);3H,1-2H2,(H2,4,5,6)/b2*9-7-;/t19-,21-,24+,25+,33-;17-,19-,21+,22+,30-;/m11./s1. The summed E-state index contributed by atoms with van der Waals surface area (Å²) in [6, 6.07) is 7.41. The van der Waals surface area contributed by atoms with Gasteiger partial charge in [-0.05, 0) is 155 Å². The molecular weight excluding hydrogens is 1490 g/mol. The number of carboxylic acids is 1. The molecule has 4 aliphatic heterocycles. The van der Waals surface area contributed by atoms with E-state index in [9.17, 15) is 60.3 Å². The maximum atomic E-state index is 14.3. The van der Waals surface area contributed by atoms with Gasteiger partial charge in [-0.2, -0.15) is 0 Å². The predicted molar refractivity (Wildman–Crippen MR) is 376 cm³/mol. The molecule has 0 spiro atoms. The Hall–Kier alpha value is -6.52. The summed E-state index contributed by atoms with van der Waals surface area (Å²) >= 11 is 9.63. The van der Waals surface area contributed by atoms with E-state index >= 15 is 0 Å². The summed E-state index contributed by atoms with van der Waals surface area (Å²) in [5.74, 6) is -4.67. The average Bonchev–Trinajstić information content (AvgIpc) is 1.58. The maximum Gasteiger partial charge on any atom is 0.408 e. The summed E-state index contributed by atoms with van der Waals surface area (Å²) in [7, 11) is -7.00. The first kappa shape index (κ1) is 75.2. The van der Waals surface area contributed by atoms with Crippen LogP contribution in [0.5, 0.6) is 10.4 Å². The van der Waals surface area contributed by atoms with Gasteiger partial charge in [0, 0.05) is 33.6 Å². The molecule has 6 fully saturated rings. The van der Waals surface area contributed by atoms with Crippen LogP contribution < -0.4 is 40.6 Å². The zero-order valence-electron chi connectivity index (χ0n) is 55.9. The normalized spacial score (nSPS) is 28.4. The van der Waals surface area contributed by atoms with E-state index in [1.54, 1.807) is 41.5 Å². The van der Waals surface area contributed by atoms with E-state index in [1.807, 2.05) is 60.7 Å². The van der Waals surface area contributed by atoms with Crippen LogP contribution in [0.25, 0.3) is 20.4 Å². The van der Waals surface area contributed by atoms with Crippen LogP contribution in [0.4, 0.5) is 9.59 Å². The minimum absolute atomic E-state index is 0.0294. The first-order valence-electron chi connectivity index (χ1n) is 33.4. The second-order valence-electron chi connectivity index (χ2n) is 28.5. The number of aromatic nitrogens is 2. The molecule has 4 aromatic rings. The highest BCUT2D eigenvalue weighted by Crippen LogP contribution is 2.48. The molecule has 99 heavy (non-hydrogen) atoms. The van der Waals surface area contributed by atoms with Gasteiger partial charge >= 0.3 is 18.2 Å². The van der Waals surface area contributed by atoms with Gasteiger partial charge in [-0.15, -0.1) is 0 Å². The SMILES string of the molecule is CC(C)(C)OC(=O)N[C@H]1CCCCC/C=C\[C@@H]2C[C@@]2(C(=O)NS(=O)(=O)C2CC2)NC(=O)[C@@H]2C[C@@H](Oc3nc4ccc(Br)cc4s3)CN2C1=O.CC(C)(C)OC(=O)N[C@H]1CCCCC/C=C\[C@@H]2C[C@@]2(C(=O)O)NC(=O)[C@@H]2C[C@@H](Oc3nc4ccc(Br)cc4s3)CN2C1=O.NS(=O)(=O)C1CC1. The Kier molecular flexibility index (Phi) is 23.2. The van der Waals surface area contributed by atoms with Crippen LogP contribution in [0.2, 0.25) is 0 Å². The van der Waals surface area contributed by atoms with Crippen LogP contribution in [-0.2, 0) is 58.3 Å². The Morgan fingerprint density at radius 2 is 1.05 bits per heavy atom. The number of primary sulfonamides is 1. The number of aliphatic carboxylic acids is 1. The number of alkyl carbamates (subject to hydrolysis) is 2. The fourth-order valence-corrected chi connectivity index (χ4v) is 17.5. The molecular formula is C66H86Br2N10O17S4. The third-order valence-corrected chi connectivity index (χ3v) is 24.1. The van der Waals surface area contributed by atoms with Gasteiger partial charge in [0.2, 0.25) is 43.7 Å². The van der Waals surface area contributed by atoms with E-state index in [2.05, 4.69) is 67.8 Å². The first-order valence-corrected chi connectivity index (χ1v) is 39.8. The quantitative estimate of drug-likeness (QED) is 0.0691. The number of fused-ring (bicyclic) bond motifs is 6. The first-order chi connectivity index (χ1) is 46.6. The molecule has 2 saturated heterocycles. The number of carbonyl (C=O) groups is 8. The van der Waals surface area contributed by atoms with Crippen molar-refractivity contribution in [1.29, 1.82) is 0 Å². The monoisotopic (exact) mass is 1580 g/mol. The Labute approximate surface area is 600 Å². The summed E-state index contributed by atoms with van der Waals surface area (Å²) in [6.07, 6.45) is 15.0. The van der Waals surface area contributed by atoms with Gasteiger partial charge in [0.1, 0.15) is 58.7 Å². The molecule has 7 amide bonds. The van der Waals surface area contributed by atoms with Crippen LogP contribution in [0.1, 0.15) is 157 Å². The van der Waals surface area contributed by atoms with Crippen molar-refractivity contribution < 1.29 is 79.2 Å². The number of halogens is 2. The molecule has 2 aromatic heterocycles. The molecule has 0 unspecified atom stereocenters. The lowest BCUT2D eigenvalue weighted by atomic mass is 10.0.